The Kier molecular flexibility index (Phi) is 6.41. The van der Waals surface area contributed by atoms with Crippen LogP contribution in [0.3, 0.4) is 0 Å². The van der Waals surface area contributed by atoms with Crippen molar-refractivity contribution in [3.8, 4) is 0 Å². The van der Waals surface area contributed by atoms with Crippen LogP contribution in [0.25, 0.3) is 6.08 Å². The molecule has 0 saturated heterocycles. The monoisotopic (exact) mass is 301 g/mol. The molecule has 0 spiro atoms. The molecule has 2 N–H and O–H groups in total. The van der Waals surface area contributed by atoms with E-state index in [1.807, 2.05) is 25.1 Å². The maximum atomic E-state index is 5.26. The lowest BCUT2D eigenvalue weighted by Gasteiger charge is -2.23. The maximum absolute atomic E-state index is 5.26. The molecule has 2 rings (SSSR count). The third kappa shape index (κ3) is 6.08. The minimum absolute atomic E-state index is 0.509. The van der Waals surface area contributed by atoms with Crippen LogP contribution in [-0.2, 0) is 0 Å². The van der Waals surface area contributed by atoms with Gasteiger partial charge < -0.3 is 5.32 Å². The van der Waals surface area contributed by atoms with Crippen LogP contribution in [0.1, 0.15) is 44.6 Å². The highest BCUT2D eigenvalue weighted by atomic mass is 32.1. The Labute approximate surface area is 132 Å². The quantitative estimate of drug-likeness (QED) is 0.503. The third-order valence-electron chi connectivity index (χ3n) is 3.57. The average molecular weight is 301 g/mol. The highest BCUT2D eigenvalue weighted by Gasteiger charge is 2.13. The normalized spacial score (nSPS) is 16.9. The van der Waals surface area contributed by atoms with E-state index < -0.39 is 0 Å². The maximum Gasteiger partial charge on any atom is 0.187 e. The first-order valence-corrected chi connectivity index (χ1v) is 7.98. The lowest BCUT2D eigenvalue weighted by molar-refractivity contribution is 0.412. The number of allylic oxidation sites excluding steroid dienone is 1. The van der Waals surface area contributed by atoms with Gasteiger partial charge in [0, 0.05) is 6.04 Å². The fourth-order valence-electron chi connectivity index (χ4n) is 2.51. The summed E-state index contributed by atoms with van der Waals surface area (Å²) in [5.74, 6) is 0. The molecule has 0 bridgehead atoms. The van der Waals surface area contributed by atoms with Crippen molar-refractivity contribution in [1.29, 1.82) is 0 Å². The first kappa shape index (κ1) is 15.7. The topological polar surface area (TPSA) is 36.4 Å². The predicted molar refractivity (Wildman–Crippen MR) is 94.3 cm³/mol. The summed E-state index contributed by atoms with van der Waals surface area (Å²) >= 11 is 5.26. The number of thiocarbonyl (C=S) groups is 1. The molecule has 0 aliphatic heterocycles. The van der Waals surface area contributed by atoms with Gasteiger partial charge in [-0.3, -0.25) is 5.43 Å². The summed E-state index contributed by atoms with van der Waals surface area (Å²) in [6.45, 7) is 2.02. The molecule has 1 aliphatic carbocycles. The molecule has 112 valence electrons. The Morgan fingerprint density at radius 1 is 1.19 bits per heavy atom. The molecule has 1 aliphatic rings. The van der Waals surface area contributed by atoms with E-state index in [2.05, 4.69) is 34.1 Å². The zero-order valence-corrected chi connectivity index (χ0v) is 13.3. The summed E-state index contributed by atoms with van der Waals surface area (Å²) in [5.41, 5.74) is 5.14. The Bertz CT molecular complexity index is 502. The van der Waals surface area contributed by atoms with E-state index in [0.29, 0.717) is 11.2 Å². The second-order valence-electron chi connectivity index (χ2n) is 5.48. The highest BCUT2D eigenvalue weighted by Crippen LogP contribution is 2.17. The second kappa shape index (κ2) is 8.57. The average Bonchev–Trinajstić information content (AvgIpc) is 2.49. The first-order valence-electron chi connectivity index (χ1n) is 7.57. The van der Waals surface area contributed by atoms with Crippen LogP contribution < -0.4 is 10.7 Å². The number of nitrogens with zero attached hydrogens (tertiary/aromatic N) is 1. The van der Waals surface area contributed by atoms with Gasteiger partial charge in [-0.2, -0.15) is 5.10 Å². The zero-order valence-electron chi connectivity index (χ0n) is 12.5. The smallest absolute Gasteiger partial charge is 0.187 e. The minimum Gasteiger partial charge on any atom is -0.359 e. The Morgan fingerprint density at radius 3 is 2.62 bits per heavy atom. The van der Waals surface area contributed by atoms with Gasteiger partial charge in [0.25, 0.3) is 0 Å². The van der Waals surface area contributed by atoms with Crippen molar-refractivity contribution in [3.05, 3.63) is 41.5 Å². The van der Waals surface area contributed by atoms with Crippen molar-refractivity contribution in [3.63, 3.8) is 0 Å². The number of hydrogen-bond donors (Lipinski definition) is 2. The number of rotatable bonds is 4. The molecule has 0 amide bonds. The van der Waals surface area contributed by atoms with Gasteiger partial charge in [-0.15, -0.1) is 0 Å². The summed E-state index contributed by atoms with van der Waals surface area (Å²) in [5, 5.41) is 8.13. The lowest BCUT2D eigenvalue weighted by atomic mass is 9.96. The van der Waals surface area contributed by atoms with E-state index in [4.69, 9.17) is 12.2 Å². The predicted octanol–water partition coefficient (Wildman–Crippen LogP) is 3.87. The molecule has 0 atom stereocenters. The van der Waals surface area contributed by atoms with Gasteiger partial charge >= 0.3 is 0 Å². The largest absolute Gasteiger partial charge is 0.359 e. The molecule has 0 unspecified atom stereocenters. The van der Waals surface area contributed by atoms with E-state index in [1.54, 1.807) is 6.21 Å². The summed E-state index contributed by atoms with van der Waals surface area (Å²) in [6, 6.07) is 10.7. The van der Waals surface area contributed by atoms with Crippen LogP contribution in [0.2, 0.25) is 0 Å². The van der Waals surface area contributed by atoms with Crippen molar-refractivity contribution in [2.75, 3.05) is 0 Å². The van der Waals surface area contributed by atoms with Gasteiger partial charge in [0.2, 0.25) is 0 Å². The van der Waals surface area contributed by atoms with Crippen LogP contribution in [-0.4, -0.2) is 17.4 Å². The number of hydrogen-bond acceptors (Lipinski definition) is 2. The molecule has 0 aromatic heterocycles. The molecule has 0 radical (unpaired) electrons. The van der Waals surface area contributed by atoms with E-state index in [-0.39, 0.29) is 0 Å². The van der Waals surface area contributed by atoms with Crippen molar-refractivity contribution < 1.29 is 0 Å². The third-order valence-corrected chi connectivity index (χ3v) is 3.78. The molecule has 0 heterocycles. The Hall–Kier alpha value is -1.68. The molecular formula is C17H23N3S. The lowest BCUT2D eigenvalue weighted by Crippen LogP contribution is -2.40. The van der Waals surface area contributed by atoms with Crippen LogP contribution in [0, 0.1) is 0 Å². The molecule has 1 aromatic carbocycles. The van der Waals surface area contributed by atoms with Gasteiger partial charge in [0.05, 0.1) is 6.21 Å². The molecule has 1 fully saturated rings. The summed E-state index contributed by atoms with van der Waals surface area (Å²) in [4.78, 5) is 0. The molecule has 1 aromatic rings. The summed E-state index contributed by atoms with van der Waals surface area (Å²) in [7, 11) is 0. The number of nitrogens with one attached hydrogen (secondary N) is 2. The summed E-state index contributed by atoms with van der Waals surface area (Å²) < 4.78 is 0. The summed E-state index contributed by atoms with van der Waals surface area (Å²) in [6.07, 6.45) is 10.2. The molecule has 3 nitrogen and oxygen atoms in total. The van der Waals surface area contributed by atoms with Crippen molar-refractivity contribution in [2.45, 2.75) is 45.1 Å². The zero-order chi connectivity index (χ0) is 14.9. The van der Waals surface area contributed by atoms with Gasteiger partial charge in [0.1, 0.15) is 0 Å². The van der Waals surface area contributed by atoms with Crippen LogP contribution in [0.5, 0.6) is 0 Å². The standard InChI is InChI=1S/C17H23N3S/c1-14(12-15-8-4-2-5-9-15)13-18-20-17(21)19-16-10-6-3-7-11-16/h2,4-5,8-9,12-13,16H,3,6-7,10-11H2,1H3,(H2,19,20,21). The van der Waals surface area contributed by atoms with E-state index in [1.165, 1.54) is 37.7 Å². The van der Waals surface area contributed by atoms with Gasteiger partial charge in [-0.1, -0.05) is 55.7 Å². The van der Waals surface area contributed by atoms with Crippen LogP contribution >= 0.6 is 12.2 Å². The Morgan fingerprint density at radius 2 is 1.90 bits per heavy atom. The SMILES string of the molecule is CC(C=NNC(=S)NC1CCCCC1)=Cc1ccccc1. The van der Waals surface area contributed by atoms with Crippen molar-refractivity contribution in [2.24, 2.45) is 5.10 Å². The fourth-order valence-corrected chi connectivity index (χ4v) is 2.73. The highest BCUT2D eigenvalue weighted by molar-refractivity contribution is 7.80. The molecule has 21 heavy (non-hydrogen) atoms. The first-order chi connectivity index (χ1) is 10.2. The van der Waals surface area contributed by atoms with Gasteiger partial charge in [-0.05, 0) is 43.1 Å². The van der Waals surface area contributed by atoms with E-state index in [0.717, 1.165) is 5.57 Å². The molecular weight excluding hydrogens is 278 g/mol. The van der Waals surface area contributed by atoms with Crippen molar-refractivity contribution in [1.82, 2.24) is 10.7 Å². The van der Waals surface area contributed by atoms with Crippen LogP contribution in [0.15, 0.2) is 41.0 Å². The van der Waals surface area contributed by atoms with E-state index in [9.17, 15) is 0 Å². The molecule has 1 saturated carbocycles. The Balaban J connectivity index is 1.76. The fraction of sp³-hybridized carbons (Fsp3) is 0.412. The number of hydrazone groups is 1. The van der Waals surface area contributed by atoms with Crippen LogP contribution in [0.4, 0.5) is 0 Å². The number of benzene rings is 1. The van der Waals surface area contributed by atoms with Gasteiger partial charge in [0.15, 0.2) is 5.11 Å². The second-order valence-corrected chi connectivity index (χ2v) is 5.89. The molecule has 4 heteroatoms. The minimum atomic E-state index is 0.509. The van der Waals surface area contributed by atoms with Crippen molar-refractivity contribution >= 4 is 29.6 Å². The van der Waals surface area contributed by atoms with Gasteiger partial charge in [-0.25, -0.2) is 0 Å². The van der Waals surface area contributed by atoms with E-state index >= 15 is 0 Å².